The molecule has 1 aliphatic heterocycles. The summed E-state index contributed by atoms with van der Waals surface area (Å²) in [7, 11) is 3.07. The fourth-order valence-electron chi connectivity index (χ4n) is 2.35. The Kier molecular flexibility index (Phi) is 4.24. The second-order valence-corrected chi connectivity index (χ2v) is 4.73. The number of carbonyl (C=O) groups is 2. The van der Waals surface area contributed by atoms with E-state index < -0.39 is 5.97 Å². The monoisotopic (exact) mass is 278 g/mol. The minimum absolute atomic E-state index is 0.0200. The highest BCUT2D eigenvalue weighted by molar-refractivity contribution is 6.01. The van der Waals surface area contributed by atoms with Crippen molar-refractivity contribution in [3.8, 4) is 0 Å². The van der Waals surface area contributed by atoms with E-state index in [1.165, 1.54) is 7.11 Å². The lowest BCUT2D eigenvalue weighted by molar-refractivity contribution is -0.117. The Morgan fingerprint density at radius 2 is 2.30 bits per heavy atom. The maximum Gasteiger partial charge on any atom is 0.337 e. The van der Waals surface area contributed by atoms with Gasteiger partial charge >= 0.3 is 5.97 Å². The topological polar surface area (TPSA) is 78.9 Å². The van der Waals surface area contributed by atoms with Crippen LogP contribution in [-0.4, -0.2) is 44.3 Å². The zero-order chi connectivity index (χ0) is 14.7. The van der Waals surface area contributed by atoms with Gasteiger partial charge < -0.3 is 20.1 Å². The summed E-state index contributed by atoms with van der Waals surface area (Å²) < 4.78 is 4.69. The van der Waals surface area contributed by atoms with Gasteiger partial charge in [0.25, 0.3) is 0 Å². The third-order valence-corrected chi connectivity index (χ3v) is 3.44. The predicted molar refractivity (Wildman–Crippen MR) is 74.9 cm³/mol. The van der Waals surface area contributed by atoms with Crippen molar-refractivity contribution in [1.82, 2.24) is 0 Å². The Labute approximate surface area is 117 Å². The maximum absolute atomic E-state index is 12.0. The van der Waals surface area contributed by atoms with Gasteiger partial charge in [-0.3, -0.25) is 4.79 Å². The first kappa shape index (κ1) is 14.3. The number of carbonyl (C=O) groups excluding carboxylic acids is 2. The van der Waals surface area contributed by atoms with E-state index in [-0.39, 0.29) is 18.4 Å². The van der Waals surface area contributed by atoms with Crippen molar-refractivity contribution in [2.45, 2.75) is 6.42 Å². The number of methoxy groups -OCH3 is 1. The molecule has 6 heteroatoms. The summed E-state index contributed by atoms with van der Waals surface area (Å²) in [5.41, 5.74) is 1.78. The third-order valence-electron chi connectivity index (χ3n) is 3.44. The van der Waals surface area contributed by atoms with Gasteiger partial charge in [-0.15, -0.1) is 0 Å². The number of ether oxygens (including phenoxy) is 1. The highest BCUT2D eigenvalue weighted by Crippen LogP contribution is 2.32. The van der Waals surface area contributed by atoms with Crippen LogP contribution in [0, 0.1) is 5.92 Å². The van der Waals surface area contributed by atoms with E-state index in [0.29, 0.717) is 24.2 Å². The Bertz CT molecular complexity index is 530. The minimum atomic E-state index is -0.445. The van der Waals surface area contributed by atoms with Gasteiger partial charge in [0.2, 0.25) is 5.91 Å². The zero-order valence-corrected chi connectivity index (χ0v) is 11.5. The van der Waals surface area contributed by atoms with Crippen molar-refractivity contribution >= 4 is 23.3 Å². The molecule has 0 aromatic heterocycles. The molecular formula is C14H18N2O4. The van der Waals surface area contributed by atoms with Gasteiger partial charge in [-0.05, 0) is 18.2 Å². The van der Waals surface area contributed by atoms with E-state index in [0.717, 1.165) is 5.69 Å². The van der Waals surface area contributed by atoms with Crippen molar-refractivity contribution in [3.63, 3.8) is 0 Å². The first-order valence-corrected chi connectivity index (χ1v) is 6.42. The SMILES string of the molecule is CNc1ccc(C(=O)OC)cc1N1CC(CO)CC1=O. The van der Waals surface area contributed by atoms with Crippen molar-refractivity contribution < 1.29 is 19.4 Å². The molecule has 0 spiro atoms. The van der Waals surface area contributed by atoms with Gasteiger partial charge in [0.15, 0.2) is 0 Å². The Hall–Kier alpha value is -2.08. The molecule has 6 nitrogen and oxygen atoms in total. The first-order chi connectivity index (χ1) is 9.60. The lowest BCUT2D eigenvalue weighted by atomic mass is 10.1. The summed E-state index contributed by atoms with van der Waals surface area (Å²) in [6, 6.07) is 5.02. The molecule has 1 aromatic carbocycles. The summed E-state index contributed by atoms with van der Waals surface area (Å²) in [4.78, 5) is 25.2. The average molecular weight is 278 g/mol. The molecule has 1 saturated heterocycles. The summed E-state index contributed by atoms with van der Waals surface area (Å²) in [5, 5.41) is 12.2. The maximum atomic E-state index is 12.0. The molecule has 1 aliphatic rings. The van der Waals surface area contributed by atoms with E-state index >= 15 is 0 Å². The molecule has 1 amide bonds. The number of nitrogens with zero attached hydrogens (tertiary/aromatic N) is 1. The number of hydrogen-bond acceptors (Lipinski definition) is 5. The molecule has 0 aliphatic carbocycles. The minimum Gasteiger partial charge on any atom is -0.465 e. The predicted octanol–water partition coefficient (Wildman–Crippen LogP) is 0.860. The molecule has 2 N–H and O–H groups in total. The second-order valence-electron chi connectivity index (χ2n) is 4.73. The van der Waals surface area contributed by atoms with Crippen LogP contribution in [-0.2, 0) is 9.53 Å². The number of nitrogens with one attached hydrogen (secondary N) is 1. The zero-order valence-electron chi connectivity index (χ0n) is 11.5. The number of aliphatic hydroxyl groups excluding tert-OH is 1. The Morgan fingerprint density at radius 3 is 2.85 bits per heavy atom. The molecule has 2 rings (SSSR count). The summed E-state index contributed by atoms with van der Waals surface area (Å²) in [6.07, 6.45) is 0.322. The van der Waals surface area contributed by atoms with Gasteiger partial charge in [0, 0.05) is 32.5 Å². The molecule has 1 fully saturated rings. The van der Waals surface area contributed by atoms with Crippen molar-refractivity contribution in [2.75, 3.05) is 37.5 Å². The van der Waals surface area contributed by atoms with Crippen LogP contribution in [0.4, 0.5) is 11.4 Å². The van der Waals surface area contributed by atoms with Gasteiger partial charge in [-0.2, -0.15) is 0 Å². The van der Waals surface area contributed by atoms with Crippen molar-refractivity contribution in [3.05, 3.63) is 23.8 Å². The Balaban J connectivity index is 2.38. The molecule has 1 unspecified atom stereocenters. The molecule has 0 saturated carbocycles. The number of amides is 1. The number of esters is 1. The highest BCUT2D eigenvalue weighted by atomic mass is 16.5. The molecule has 1 heterocycles. The molecule has 108 valence electrons. The quantitative estimate of drug-likeness (QED) is 0.799. The largest absolute Gasteiger partial charge is 0.465 e. The highest BCUT2D eigenvalue weighted by Gasteiger charge is 2.31. The molecule has 0 radical (unpaired) electrons. The van der Waals surface area contributed by atoms with E-state index in [1.807, 2.05) is 0 Å². The van der Waals surface area contributed by atoms with Gasteiger partial charge in [0.1, 0.15) is 0 Å². The van der Waals surface area contributed by atoms with E-state index in [4.69, 9.17) is 4.74 Å². The fraction of sp³-hybridized carbons (Fsp3) is 0.429. The number of rotatable bonds is 4. The number of benzene rings is 1. The standard InChI is InChI=1S/C14H18N2O4/c1-15-11-4-3-10(14(19)20-2)6-12(11)16-7-9(8-17)5-13(16)18/h3-4,6,9,15,17H,5,7-8H2,1-2H3. The molecule has 1 aromatic rings. The van der Waals surface area contributed by atoms with Crippen molar-refractivity contribution in [2.24, 2.45) is 5.92 Å². The first-order valence-electron chi connectivity index (χ1n) is 6.42. The van der Waals surface area contributed by atoms with E-state index in [2.05, 4.69) is 5.32 Å². The number of aliphatic hydroxyl groups is 1. The number of hydrogen-bond donors (Lipinski definition) is 2. The number of anilines is 2. The van der Waals surface area contributed by atoms with Crippen LogP contribution in [0.15, 0.2) is 18.2 Å². The van der Waals surface area contributed by atoms with E-state index in [9.17, 15) is 14.7 Å². The van der Waals surface area contributed by atoms with E-state index in [1.54, 1.807) is 30.1 Å². The van der Waals surface area contributed by atoms with Gasteiger partial charge in [-0.1, -0.05) is 0 Å². The van der Waals surface area contributed by atoms with Crippen LogP contribution in [0.3, 0.4) is 0 Å². The van der Waals surface area contributed by atoms with Gasteiger partial charge in [-0.25, -0.2) is 4.79 Å². The summed E-state index contributed by atoms with van der Waals surface area (Å²) in [6.45, 7) is 0.433. The van der Waals surface area contributed by atoms with Crippen molar-refractivity contribution in [1.29, 1.82) is 0 Å². The summed E-state index contributed by atoms with van der Waals surface area (Å²) in [5.74, 6) is -0.559. The lowest BCUT2D eigenvalue weighted by Gasteiger charge is -2.20. The molecule has 1 atom stereocenters. The second kappa shape index (κ2) is 5.92. The van der Waals surface area contributed by atoms with Crippen LogP contribution in [0.1, 0.15) is 16.8 Å². The van der Waals surface area contributed by atoms with Crippen LogP contribution in [0.2, 0.25) is 0 Å². The average Bonchev–Trinajstić information content (AvgIpc) is 2.86. The van der Waals surface area contributed by atoms with Crippen LogP contribution in [0.5, 0.6) is 0 Å². The lowest BCUT2D eigenvalue weighted by Crippen LogP contribution is -2.26. The fourth-order valence-corrected chi connectivity index (χ4v) is 2.35. The van der Waals surface area contributed by atoms with Crippen LogP contribution < -0.4 is 10.2 Å². The molecule has 0 bridgehead atoms. The summed E-state index contributed by atoms with van der Waals surface area (Å²) >= 11 is 0. The third kappa shape index (κ3) is 2.60. The normalized spacial score (nSPS) is 18.2. The van der Waals surface area contributed by atoms with Gasteiger partial charge in [0.05, 0.1) is 24.0 Å². The Morgan fingerprint density at radius 1 is 1.55 bits per heavy atom. The smallest absolute Gasteiger partial charge is 0.337 e. The molecular weight excluding hydrogens is 260 g/mol. The molecule has 20 heavy (non-hydrogen) atoms. The van der Waals surface area contributed by atoms with Crippen LogP contribution in [0.25, 0.3) is 0 Å². The van der Waals surface area contributed by atoms with Crippen LogP contribution >= 0.6 is 0 Å².